The lowest BCUT2D eigenvalue weighted by molar-refractivity contribution is -0.0266. The Morgan fingerprint density at radius 3 is 2.83 bits per heavy atom. The van der Waals surface area contributed by atoms with E-state index in [0.29, 0.717) is 17.7 Å². The van der Waals surface area contributed by atoms with Crippen LogP contribution in [0.5, 0.6) is 5.75 Å². The maximum atomic E-state index is 13.6. The number of carbonyl (C=O) groups is 1. The molecule has 1 amide bonds. The van der Waals surface area contributed by atoms with E-state index in [2.05, 4.69) is 36.8 Å². The van der Waals surface area contributed by atoms with Gasteiger partial charge < -0.3 is 15.0 Å². The average molecular weight is 389 g/mol. The third-order valence-corrected chi connectivity index (χ3v) is 7.74. The first-order chi connectivity index (χ1) is 13.7. The van der Waals surface area contributed by atoms with Gasteiger partial charge in [-0.15, -0.1) is 0 Å². The summed E-state index contributed by atoms with van der Waals surface area (Å²) in [7, 11) is 0. The number of aromatic amines is 1. The fourth-order valence-electron chi connectivity index (χ4n) is 5.61. The normalized spacial score (nSPS) is 25.1. The highest BCUT2D eigenvalue weighted by Gasteiger charge is 2.57. The van der Waals surface area contributed by atoms with Crippen LogP contribution in [0, 0.1) is 12.3 Å². The molecule has 5 heteroatoms. The highest BCUT2D eigenvalue weighted by atomic mass is 16.3. The Kier molecular flexibility index (Phi) is 3.67. The number of aromatic nitrogens is 2. The summed E-state index contributed by atoms with van der Waals surface area (Å²) in [5.74, 6) is 1.25. The lowest BCUT2D eigenvalue weighted by Gasteiger charge is -2.60. The van der Waals surface area contributed by atoms with E-state index >= 15 is 0 Å². The van der Waals surface area contributed by atoms with Crippen molar-refractivity contribution in [3.05, 3.63) is 58.9 Å². The number of H-pyrrole nitrogens is 1. The molecular formula is C24H27N3O2. The summed E-state index contributed by atoms with van der Waals surface area (Å²) >= 11 is 0. The number of imidazole rings is 1. The zero-order valence-corrected chi connectivity index (χ0v) is 17.4. The second-order valence-corrected chi connectivity index (χ2v) is 9.38. The number of aryl methyl sites for hydroxylation is 1. The monoisotopic (exact) mass is 389 g/mol. The Morgan fingerprint density at radius 2 is 2.03 bits per heavy atom. The lowest BCUT2D eigenvalue weighted by atomic mass is 9.51. The third kappa shape index (κ3) is 2.39. The van der Waals surface area contributed by atoms with Gasteiger partial charge in [-0.1, -0.05) is 32.9 Å². The van der Waals surface area contributed by atoms with Gasteiger partial charge in [-0.3, -0.25) is 4.79 Å². The van der Waals surface area contributed by atoms with Crippen LogP contribution in [0.4, 0.5) is 0 Å². The summed E-state index contributed by atoms with van der Waals surface area (Å²) < 4.78 is 0. The van der Waals surface area contributed by atoms with E-state index in [1.54, 1.807) is 6.07 Å². The fraction of sp³-hybridized carbons (Fsp3) is 0.417. The first-order valence-corrected chi connectivity index (χ1v) is 10.3. The van der Waals surface area contributed by atoms with Crippen molar-refractivity contribution in [2.24, 2.45) is 5.41 Å². The summed E-state index contributed by atoms with van der Waals surface area (Å²) in [5, 5.41) is 10.5. The summed E-state index contributed by atoms with van der Waals surface area (Å²) in [6.07, 6.45) is 1.56. The van der Waals surface area contributed by atoms with Crippen molar-refractivity contribution in [2.75, 3.05) is 6.54 Å². The van der Waals surface area contributed by atoms with Crippen LogP contribution in [0.2, 0.25) is 0 Å². The van der Waals surface area contributed by atoms with E-state index in [1.165, 1.54) is 5.56 Å². The maximum absolute atomic E-state index is 13.6. The molecule has 0 spiro atoms. The minimum absolute atomic E-state index is 0.0359. The number of nitrogens with one attached hydrogen (secondary N) is 1. The second kappa shape index (κ2) is 5.85. The molecule has 1 saturated heterocycles. The van der Waals surface area contributed by atoms with Crippen molar-refractivity contribution in [3.8, 4) is 5.75 Å². The van der Waals surface area contributed by atoms with Crippen molar-refractivity contribution < 1.29 is 9.90 Å². The van der Waals surface area contributed by atoms with Crippen molar-refractivity contribution in [1.29, 1.82) is 0 Å². The molecule has 2 N–H and O–H groups in total. The molecule has 0 radical (unpaired) electrons. The first kappa shape index (κ1) is 18.2. The van der Waals surface area contributed by atoms with Gasteiger partial charge >= 0.3 is 0 Å². The number of phenolic OH excluding ortho intramolecular Hbond substituents is 1. The van der Waals surface area contributed by atoms with Crippen molar-refractivity contribution in [3.63, 3.8) is 0 Å². The number of aromatic hydroxyl groups is 1. The predicted molar refractivity (Wildman–Crippen MR) is 113 cm³/mol. The molecule has 150 valence electrons. The number of hydrogen-bond acceptors (Lipinski definition) is 3. The molecule has 0 saturated carbocycles. The summed E-state index contributed by atoms with van der Waals surface area (Å²) in [5.41, 5.74) is 4.50. The number of benzene rings is 2. The van der Waals surface area contributed by atoms with Crippen LogP contribution < -0.4 is 0 Å². The van der Waals surface area contributed by atoms with Crippen LogP contribution in [-0.2, 0) is 11.8 Å². The molecule has 2 aliphatic rings. The predicted octanol–water partition coefficient (Wildman–Crippen LogP) is 4.33. The number of rotatable bonds is 1. The number of hydrogen-bond donors (Lipinski definition) is 2. The standard InChI is InChI=1S/C24H27N3O2/c1-14-25-18-9-8-15(12-19(18)26-14)22(29)27-11-10-24(4)17-6-5-7-20(28)16(17)13-21(27)23(24,2)3/h5-9,12,21,28H,10-11,13H2,1-4H3,(H,25,26)/t21-,24+/m1/s1. The molecule has 2 atom stereocenters. The number of nitrogens with zero attached hydrogens (tertiary/aromatic N) is 2. The van der Waals surface area contributed by atoms with E-state index in [0.717, 1.165) is 35.4 Å². The van der Waals surface area contributed by atoms with Crippen LogP contribution in [-0.4, -0.2) is 38.5 Å². The number of likely N-dealkylation sites (tertiary alicyclic amines) is 1. The molecule has 5 rings (SSSR count). The van der Waals surface area contributed by atoms with Gasteiger partial charge in [0.05, 0.1) is 11.0 Å². The number of phenols is 1. The van der Waals surface area contributed by atoms with E-state index in [4.69, 9.17) is 0 Å². The molecular weight excluding hydrogens is 362 g/mol. The molecule has 5 nitrogen and oxygen atoms in total. The van der Waals surface area contributed by atoms with Crippen molar-refractivity contribution in [2.45, 2.75) is 52.0 Å². The molecule has 29 heavy (non-hydrogen) atoms. The Balaban J connectivity index is 1.57. The first-order valence-electron chi connectivity index (χ1n) is 10.3. The van der Waals surface area contributed by atoms with Gasteiger partial charge in [0, 0.05) is 23.6 Å². The van der Waals surface area contributed by atoms with Gasteiger partial charge in [0.15, 0.2) is 0 Å². The highest BCUT2D eigenvalue weighted by molar-refractivity contribution is 5.97. The zero-order valence-electron chi connectivity index (χ0n) is 17.4. The van der Waals surface area contributed by atoms with Crippen LogP contribution >= 0.6 is 0 Å². The van der Waals surface area contributed by atoms with Gasteiger partial charge in [0.1, 0.15) is 11.6 Å². The van der Waals surface area contributed by atoms with E-state index in [9.17, 15) is 9.90 Å². The molecule has 3 aromatic rings. The minimum Gasteiger partial charge on any atom is -0.508 e. The molecule has 1 aromatic heterocycles. The average Bonchev–Trinajstić information content (AvgIpc) is 3.04. The van der Waals surface area contributed by atoms with Gasteiger partial charge in [0.2, 0.25) is 0 Å². The van der Waals surface area contributed by atoms with Crippen molar-refractivity contribution >= 4 is 16.9 Å². The van der Waals surface area contributed by atoms with Crippen LogP contribution in [0.1, 0.15) is 54.5 Å². The molecule has 1 fully saturated rings. The van der Waals surface area contributed by atoms with Gasteiger partial charge in [-0.05, 0) is 60.6 Å². The smallest absolute Gasteiger partial charge is 0.254 e. The minimum atomic E-state index is -0.101. The Bertz CT molecular complexity index is 1150. The van der Waals surface area contributed by atoms with Crippen LogP contribution in [0.3, 0.4) is 0 Å². The maximum Gasteiger partial charge on any atom is 0.254 e. The zero-order chi connectivity index (χ0) is 20.6. The third-order valence-electron chi connectivity index (χ3n) is 7.74. The lowest BCUT2D eigenvalue weighted by Crippen LogP contribution is -2.64. The highest BCUT2D eigenvalue weighted by Crippen LogP contribution is 2.57. The Morgan fingerprint density at radius 1 is 1.24 bits per heavy atom. The SMILES string of the molecule is Cc1nc2ccc(C(=O)N3CC[C@@]4(C)c5cccc(O)c5C[C@@H]3C4(C)C)cc2[nH]1. The van der Waals surface area contributed by atoms with Gasteiger partial charge in [-0.25, -0.2) is 4.98 Å². The molecule has 2 bridgehead atoms. The number of fused-ring (bicyclic) bond motifs is 5. The molecule has 1 aliphatic carbocycles. The van der Waals surface area contributed by atoms with Crippen molar-refractivity contribution in [1.82, 2.24) is 14.9 Å². The Hall–Kier alpha value is -2.82. The van der Waals surface area contributed by atoms with Gasteiger partial charge in [-0.2, -0.15) is 0 Å². The largest absolute Gasteiger partial charge is 0.508 e. The Labute approximate surface area is 170 Å². The summed E-state index contributed by atoms with van der Waals surface area (Å²) in [4.78, 5) is 23.3. The summed E-state index contributed by atoms with van der Waals surface area (Å²) in [6.45, 7) is 9.47. The molecule has 2 aromatic carbocycles. The fourth-order valence-corrected chi connectivity index (χ4v) is 5.61. The molecule has 2 heterocycles. The number of piperidine rings is 1. The summed E-state index contributed by atoms with van der Waals surface area (Å²) in [6, 6.07) is 11.6. The van der Waals surface area contributed by atoms with E-state index in [1.807, 2.05) is 36.1 Å². The van der Waals surface area contributed by atoms with Gasteiger partial charge in [0.25, 0.3) is 5.91 Å². The number of amides is 1. The topological polar surface area (TPSA) is 69.2 Å². The van der Waals surface area contributed by atoms with E-state index in [-0.39, 0.29) is 22.8 Å². The van der Waals surface area contributed by atoms with Crippen LogP contribution in [0.25, 0.3) is 11.0 Å². The number of carbonyl (C=O) groups excluding carboxylic acids is 1. The molecule has 1 aliphatic heterocycles. The quantitative estimate of drug-likeness (QED) is 0.651. The molecule has 0 unspecified atom stereocenters. The van der Waals surface area contributed by atoms with Crippen LogP contribution in [0.15, 0.2) is 36.4 Å². The van der Waals surface area contributed by atoms with E-state index < -0.39 is 0 Å². The second-order valence-electron chi connectivity index (χ2n) is 9.38.